The van der Waals surface area contributed by atoms with Gasteiger partial charge in [0.25, 0.3) is 0 Å². The maximum absolute atomic E-state index is 13.6. The van der Waals surface area contributed by atoms with Gasteiger partial charge in [0.1, 0.15) is 0 Å². The number of halogens is 1. The first-order chi connectivity index (χ1) is 13.8. The second kappa shape index (κ2) is 7.39. The van der Waals surface area contributed by atoms with Crippen LogP contribution in [-0.4, -0.2) is 45.9 Å². The van der Waals surface area contributed by atoms with Crippen LogP contribution in [0, 0.1) is 0 Å². The maximum atomic E-state index is 13.6. The molecule has 5 nitrogen and oxygen atoms in total. The molecule has 0 N–H and O–H groups in total. The van der Waals surface area contributed by atoms with E-state index in [9.17, 15) is 4.39 Å². The average molecular weight is 374 g/mol. The average Bonchev–Trinajstić information content (AvgIpc) is 3.15. The summed E-state index contributed by atoms with van der Waals surface area (Å²) < 4.78 is 21.1. The zero-order valence-electron chi connectivity index (χ0n) is 15.5. The fraction of sp³-hybridized carbons (Fsp3) is 0.333. The number of aromatic nitrogens is 4. The van der Waals surface area contributed by atoms with Crippen LogP contribution in [0.4, 0.5) is 4.39 Å². The van der Waals surface area contributed by atoms with Gasteiger partial charge in [-0.3, -0.25) is 0 Å². The molecule has 0 bridgehead atoms. The van der Waals surface area contributed by atoms with Crippen molar-refractivity contribution in [3.05, 3.63) is 54.5 Å². The van der Waals surface area contributed by atoms with Crippen molar-refractivity contribution in [2.24, 2.45) is 0 Å². The number of alkyl halides is 1. The second-order valence-corrected chi connectivity index (χ2v) is 7.23. The monoisotopic (exact) mass is 374 g/mol. The van der Waals surface area contributed by atoms with Crippen LogP contribution in [-0.2, 0) is 4.74 Å². The van der Waals surface area contributed by atoms with Gasteiger partial charge in [0.05, 0.1) is 0 Å². The van der Waals surface area contributed by atoms with Crippen molar-refractivity contribution in [3.8, 4) is 11.3 Å². The summed E-state index contributed by atoms with van der Waals surface area (Å²) in [5, 5.41) is 0. The van der Waals surface area contributed by atoms with Gasteiger partial charge in [0, 0.05) is 0 Å². The summed E-state index contributed by atoms with van der Waals surface area (Å²) in [6.07, 6.45) is 10.3. The SMILES string of the molecule is FC1C=CC(n2c(-c3bnc(C4CCOCC4)cc3)nc3ccncc32)=CC1. The molecule has 0 radical (unpaired) electrons. The Hall–Kier alpha value is -2.67. The fourth-order valence-corrected chi connectivity index (χ4v) is 3.90. The Balaban J connectivity index is 1.57. The first kappa shape index (κ1) is 17.4. The quantitative estimate of drug-likeness (QED) is 0.699. The molecule has 3 aromatic heterocycles. The van der Waals surface area contributed by atoms with Gasteiger partial charge < -0.3 is 0 Å². The Bertz CT molecular complexity index is 1050. The number of fused-ring (bicyclic) bond motifs is 1. The summed E-state index contributed by atoms with van der Waals surface area (Å²) in [6, 6.07) is 6.06. The molecular weight excluding hydrogens is 354 g/mol. The molecule has 1 fully saturated rings. The minimum atomic E-state index is -0.930. The molecule has 2 aliphatic rings. The van der Waals surface area contributed by atoms with Crippen LogP contribution in [0.5, 0.6) is 0 Å². The van der Waals surface area contributed by atoms with Crippen LogP contribution in [0.2, 0.25) is 0 Å². The number of ether oxygens (including phenoxy) is 1. The Morgan fingerprint density at radius 3 is 2.82 bits per heavy atom. The molecule has 1 unspecified atom stereocenters. The van der Waals surface area contributed by atoms with Gasteiger partial charge in [0.2, 0.25) is 0 Å². The number of imidazole rings is 1. The van der Waals surface area contributed by atoms with E-state index in [1.54, 1.807) is 18.5 Å². The van der Waals surface area contributed by atoms with Gasteiger partial charge in [-0.15, -0.1) is 0 Å². The summed E-state index contributed by atoms with van der Waals surface area (Å²) >= 11 is 0. The normalized spacial score (nSPS) is 20.3. The first-order valence-electron chi connectivity index (χ1n) is 9.69. The predicted octanol–water partition coefficient (Wildman–Crippen LogP) is 3.86. The van der Waals surface area contributed by atoms with E-state index in [1.165, 1.54) is 0 Å². The van der Waals surface area contributed by atoms with Gasteiger partial charge in [-0.1, -0.05) is 0 Å². The molecule has 5 rings (SSSR count). The van der Waals surface area contributed by atoms with E-state index in [4.69, 9.17) is 14.6 Å². The molecule has 4 heterocycles. The third kappa shape index (κ3) is 3.20. The fourth-order valence-electron chi connectivity index (χ4n) is 3.90. The molecule has 0 amide bonds. The van der Waals surface area contributed by atoms with Gasteiger partial charge in [-0.2, -0.15) is 0 Å². The first-order valence-corrected chi connectivity index (χ1v) is 9.69. The van der Waals surface area contributed by atoms with Crippen molar-refractivity contribution in [2.75, 3.05) is 13.2 Å². The number of hydrogen-bond donors (Lipinski definition) is 0. The molecule has 7 heteroatoms. The van der Waals surface area contributed by atoms with Gasteiger partial charge >= 0.3 is 163 Å². The third-order valence-corrected chi connectivity index (χ3v) is 5.43. The number of allylic oxidation sites excluding steroid dienone is 4. The molecule has 1 saturated heterocycles. The van der Waals surface area contributed by atoms with Crippen molar-refractivity contribution in [2.45, 2.75) is 31.4 Å². The van der Waals surface area contributed by atoms with Crippen molar-refractivity contribution in [3.63, 3.8) is 0 Å². The van der Waals surface area contributed by atoms with Crippen molar-refractivity contribution < 1.29 is 9.13 Å². The minimum absolute atomic E-state index is 0.367. The second-order valence-electron chi connectivity index (χ2n) is 7.23. The summed E-state index contributed by atoms with van der Waals surface area (Å²) in [6.45, 7) is 1.60. The van der Waals surface area contributed by atoms with E-state index >= 15 is 0 Å². The van der Waals surface area contributed by atoms with E-state index in [0.29, 0.717) is 12.3 Å². The Kier molecular flexibility index (Phi) is 4.60. The summed E-state index contributed by atoms with van der Waals surface area (Å²) in [7, 11) is 1.89. The van der Waals surface area contributed by atoms with Crippen LogP contribution in [0.1, 0.15) is 30.9 Å². The molecule has 0 aromatic carbocycles. The molecule has 1 aliphatic carbocycles. The summed E-state index contributed by atoms with van der Waals surface area (Å²) in [5.74, 6) is 1.25. The van der Waals surface area contributed by atoms with Gasteiger partial charge in [0.15, 0.2) is 0 Å². The van der Waals surface area contributed by atoms with Crippen molar-refractivity contribution in [1.29, 1.82) is 0 Å². The molecule has 0 saturated carbocycles. The molecule has 3 aromatic rings. The topological polar surface area (TPSA) is 52.8 Å². The number of pyridine rings is 1. The zero-order chi connectivity index (χ0) is 18.9. The van der Waals surface area contributed by atoms with E-state index in [1.807, 2.05) is 29.8 Å². The Labute approximate surface area is 163 Å². The third-order valence-electron chi connectivity index (χ3n) is 5.43. The van der Waals surface area contributed by atoms with Gasteiger partial charge in [-0.25, -0.2) is 0 Å². The van der Waals surface area contributed by atoms with Crippen LogP contribution < -0.4 is 0 Å². The molecular formula is C21H20BFN4O. The number of hydrogen-bond acceptors (Lipinski definition) is 4. The molecule has 1 aliphatic heterocycles. The van der Waals surface area contributed by atoms with Gasteiger partial charge in [-0.05, 0) is 0 Å². The number of nitrogens with zero attached hydrogens (tertiary/aromatic N) is 4. The predicted molar refractivity (Wildman–Crippen MR) is 108 cm³/mol. The van der Waals surface area contributed by atoms with E-state index < -0.39 is 6.17 Å². The zero-order valence-corrected chi connectivity index (χ0v) is 15.5. The van der Waals surface area contributed by atoms with Crippen molar-refractivity contribution >= 4 is 23.8 Å². The Morgan fingerprint density at radius 1 is 1.18 bits per heavy atom. The van der Waals surface area contributed by atoms with E-state index in [0.717, 1.165) is 59.8 Å². The molecule has 140 valence electrons. The van der Waals surface area contributed by atoms with Crippen LogP contribution in [0.25, 0.3) is 28.0 Å². The van der Waals surface area contributed by atoms with E-state index in [2.05, 4.69) is 17.1 Å². The summed E-state index contributed by atoms with van der Waals surface area (Å²) in [4.78, 5) is 13.8. The number of rotatable bonds is 3. The summed E-state index contributed by atoms with van der Waals surface area (Å²) in [5.41, 5.74) is 4.71. The van der Waals surface area contributed by atoms with Crippen molar-refractivity contribution in [1.82, 2.24) is 19.4 Å². The molecule has 0 spiro atoms. The Morgan fingerprint density at radius 2 is 2.07 bits per heavy atom. The standard InChI is InChI=1S/C21H20BFN4O/c23-15-1-3-16(4-2-15)27-20-13-24-10-7-19(20)25-21(27)17-5-6-18(26-22-17)14-8-11-28-12-9-14/h1,3-7,10,13-15H,2,8-9,11-12H2. The van der Waals surface area contributed by atoms with Crippen LogP contribution in [0.15, 0.2) is 48.8 Å². The van der Waals surface area contributed by atoms with E-state index in [-0.39, 0.29) is 0 Å². The van der Waals surface area contributed by atoms with Crippen LogP contribution in [0.3, 0.4) is 0 Å². The molecule has 28 heavy (non-hydrogen) atoms. The van der Waals surface area contributed by atoms with Crippen LogP contribution >= 0.6 is 0 Å². The molecule has 1 atom stereocenters.